The van der Waals surface area contributed by atoms with Crippen molar-refractivity contribution in [3.05, 3.63) is 66.7 Å². The maximum Gasteiger partial charge on any atom is 0.471 e. The van der Waals surface area contributed by atoms with E-state index in [0.29, 0.717) is 16.4 Å². The Morgan fingerprint density at radius 2 is 1.62 bits per heavy atom. The lowest BCUT2D eigenvalue weighted by Crippen LogP contribution is -2.41. The summed E-state index contributed by atoms with van der Waals surface area (Å²) in [5.74, 6) is -0.766. The maximum absolute atomic E-state index is 12.7. The van der Waals surface area contributed by atoms with Crippen LogP contribution in [0, 0.1) is 0 Å². The van der Waals surface area contributed by atoms with E-state index in [4.69, 9.17) is 4.74 Å². The molecule has 0 saturated heterocycles. The highest BCUT2D eigenvalue weighted by molar-refractivity contribution is 5.97. The summed E-state index contributed by atoms with van der Waals surface area (Å²) in [6, 6.07) is 19.3. The van der Waals surface area contributed by atoms with Gasteiger partial charge in [0.25, 0.3) is 0 Å². The normalized spacial score (nSPS) is 11.4. The van der Waals surface area contributed by atoms with E-state index >= 15 is 0 Å². The highest BCUT2D eigenvalue weighted by Gasteiger charge is 2.42. The van der Waals surface area contributed by atoms with Gasteiger partial charge >= 0.3 is 12.1 Å². The lowest BCUT2D eigenvalue weighted by Gasteiger charge is -2.22. The van der Waals surface area contributed by atoms with Crippen molar-refractivity contribution in [2.24, 2.45) is 0 Å². The average molecular weight is 359 g/mol. The second-order valence-corrected chi connectivity index (χ2v) is 5.62. The minimum absolute atomic E-state index is 0.0815. The van der Waals surface area contributed by atoms with Gasteiger partial charge in [-0.15, -0.1) is 0 Å². The number of benzene rings is 3. The van der Waals surface area contributed by atoms with Gasteiger partial charge in [-0.1, -0.05) is 36.4 Å². The van der Waals surface area contributed by atoms with Gasteiger partial charge < -0.3 is 9.64 Å². The molecule has 0 fully saturated rings. The zero-order chi connectivity index (χ0) is 18.7. The first-order valence-corrected chi connectivity index (χ1v) is 8.04. The van der Waals surface area contributed by atoms with Crippen LogP contribution in [0.5, 0.6) is 11.5 Å². The van der Waals surface area contributed by atoms with Crippen LogP contribution in [0.3, 0.4) is 0 Å². The van der Waals surface area contributed by atoms with Crippen LogP contribution in [-0.4, -0.2) is 18.6 Å². The van der Waals surface area contributed by atoms with E-state index in [1.807, 2.05) is 42.5 Å². The molecule has 0 saturated carbocycles. The standard InChI is InChI=1S/C20H16F3NO2/c1-2-24(19(25)20(21,22)23)15-10-12-16(13-11-15)26-18-9-5-7-14-6-3-4-8-17(14)18/h3-13H,2H2,1H3. The number of hydrogen-bond donors (Lipinski definition) is 0. The van der Waals surface area contributed by atoms with E-state index in [-0.39, 0.29) is 12.2 Å². The number of nitrogens with zero attached hydrogens (tertiary/aromatic N) is 1. The average Bonchev–Trinajstić information content (AvgIpc) is 2.63. The van der Waals surface area contributed by atoms with Gasteiger partial charge in [-0.05, 0) is 42.6 Å². The summed E-state index contributed by atoms with van der Waals surface area (Å²) in [4.78, 5) is 12.2. The van der Waals surface area contributed by atoms with Crippen molar-refractivity contribution in [2.75, 3.05) is 11.4 Å². The molecule has 0 atom stereocenters. The molecule has 0 radical (unpaired) electrons. The largest absolute Gasteiger partial charge is 0.471 e. The SMILES string of the molecule is CCN(C(=O)C(F)(F)F)c1ccc(Oc2cccc3ccccc23)cc1. The molecule has 26 heavy (non-hydrogen) atoms. The van der Waals surface area contributed by atoms with Gasteiger partial charge in [0.1, 0.15) is 11.5 Å². The molecule has 3 nitrogen and oxygen atoms in total. The van der Waals surface area contributed by atoms with Gasteiger partial charge in [0.05, 0.1) is 0 Å². The molecule has 0 unspecified atom stereocenters. The van der Waals surface area contributed by atoms with Gasteiger partial charge in [0, 0.05) is 17.6 Å². The highest BCUT2D eigenvalue weighted by Crippen LogP contribution is 2.31. The quantitative estimate of drug-likeness (QED) is 0.611. The topological polar surface area (TPSA) is 29.5 Å². The first kappa shape index (κ1) is 17.8. The number of rotatable bonds is 4. The second-order valence-electron chi connectivity index (χ2n) is 5.62. The number of hydrogen-bond acceptors (Lipinski definition) is 2. The van der Waals surface area contributed by atoms with Crippen LogP contribution in [0.15, 0.2) is 66.7 Å². The second kappa shape index (κ2) is 7.07. The lowest BCUT2D eigenvalue weighted by atomic mass is 10.1. The molecule has 3 aromatic rings. The van der Waals surface area contributed by atoms with E-state index in [0.717, 1.165) is 10.8 Å². The third kappa shape index (κ3) is 3.64. The van der Waals surface area contributed by atoms with Crippen LogP contribution in [-0.2, 0) is 4.79 Å². The summed E-state index contributed by atoms with van der Waals surface area (Å²) in [6.45, 7) is 1.41. The van der Waals surface area contributed by atoms with Gasteiger partial charge in [-0.25, -0.2) is 0 Å². The number of alkyl halides is 3. The Labute approximate surface area is 148 Å². The zero-order valence-corrected chi connectivity index (χ0v) is 14.0. The van der Waals surface area contributed by atoms with Crippen LogP contribution < -0.4 is 9.64 Å². The number of carbonyl (C=O) groups is 1. The van der Waals surface area contributed by atoms with Crippen molar-refractivity contribution < 1.29 is 22.7 Å². The fourth-order valence-electron chi connectivity index (χ4n) is 2.70. The first-order valence-electron chi connectivity index (χ1n) is 8.04. The predicted molar refractivity (Wildman–Crippen MR) is 94.5 cm³/mol. The number of anilines is 1. The summed E-state index contributed by atoms with van der Waals surface area (Å²) < 4.78 is 43.9. The Balaban J connectivity index is 1.84. The molecule has 6 heteroatoms. The number of amides is 1. The fourth-order valence-corrected chi connectivity index (χ4v) is 2.70. The smallest absolute Gasteiger partial charge is 0.457 e. The molecule has 3 aromatic carbocycles. The number of carbonyl (C=O) groups excluding carboxylic acids is 1. The van der Waals surface area contributed by atoms with Crippen LogP contribution in [0.25, 0.3) is 10.8 Å². The molecule has 0 spiro atoms. The lowest BCUT2D eigenvalue weighted by molar-refractivity contribution is -0.170. The predicted octanol–water partition coefficient (Wildman–Crippen LogP) is 5.55. The van der Waals surface area contributed by atoms with E-state index in [2.05, 4.69) is 0 Å². The van der Waals surface area contributed by atoms with Gasteiger partial charge in [-0.3, -0.25) is 4.79 Å². The Bertz CT molecular complexity index is 915. The molecule has 0 bridgehead atoms. The molecule has 0 aliphatic carbocycles. The number of ether oxygens (including phenoxy) is 1. The van der Waals surface area contributed by atoms with Crippen LogP contribution in [0.1, 0.15) is 6.92 Å². The summed E-state index contributed by atoms with van der Waals surface area (Å²) in [5, 5.41) is 1.95. The first-order chi connectivity index (χ1) is 12.4. The van der Waals surface area contributed by atoms with Crippen LogP contribution >= 0.6 is 0 Å². The van der Waals surface area contributed by atoms with Crippen molar-refractivity contribution in [2.45, 2.75) is 13.1 Å². The van der Waals surface area contributed by atoms with E-state index in [9.17, 15) is 18.0 Å². The molecule has 1 amide bonds. The number of fused-ring (bicyclic) bond motifs is 1. The van der Waals surface area contributed by atoms with Crippen LogP contribution in [0.4, 0.5) is 18.9 Å². The van der Waals surface area contributed by atoms with Crippen molar-refractivity contribution in [3.63, 3.8) is 0 Å². The summed E-state index contributed by atoms with van der Waals surface area (Å²) in [5.41, 5.74) is 0.167. The monoisotopic (exact) mass is 359 g/mol. The molecule has 0 heterocycles. The van der Waals surface area contributed by atoms with Crippen LogP contribution in [0.2, 0.25) is 0 Å². The maximum atomic E-state index is 12.7. The van der Waals surface area contributed by atoms with Crippen molar-refractivity contribution >= 4 is 22.4 Å². The third-order valence-corrected chi connectivity index (χ3v) is 3.93. The van der Waals surface area contributed by atoms with E-state index in [1.54, 1.807) is 12.1 Å². The zero-order valence-electron chi connectivity index (χ0n) is 14.0. The van der Waals surface area contributed by atoms with Gasteiger partial charge in [0.2, 0.25) is 0 Å². The minimum atomic E-state index is -4.91. The Morgan fingerprint density at radius 1 is 0.962 bits per heavy atom. The third-order valence-electron chi connectivity index (χ3n) is 3.93. The number of halogens is 3. The molecule has 3 rings (SSSR count). The Morgan fingerprint density at radius 3 is 2.27 bits per heavy atom. The van der Waals surface area contributed by atoms with Gasteiger partial charge in [0.15, 0.2) is 0 Å². The molecular formula is C20H16F3NO2. The van der Waals surface area contributed by atoms with E-state index < -0.39 is 12.1 Å². The molecule has 134 valence electrons. The highest BCUT2D eigenvalue weighted by atomic mass is 19.4. The summed E-state index contributed by atoms with van der Waals surface area (Å²) in [7, 11) is 0. The molecular weight excluding hydrogens is 343 g/mol. The molecule has 0 aliphatic heterocycles. The van der Waals surface area contributed by atoms with Crippen molar-refractivity contribution in [1.82, 2.24) is 0 Å². The Kier molecular flexibility index (Phi) is 4.84. The summed E-state index contributed by atoms with van der Waals surface area (Å²) in [6.07, 6.45) is -4.91. The molecule has 0 aromatic heterocycles. The van der Waals surface area contributed by atoms with Crippen molar-refractivity contribution in [3.8, 4) is 11.5 Å². The fraction of sp³-hybridized carbons (Fsp3) is 0.150. The van der Waals surface area contributed by atoms with Crippen molar-refractivity contribution in [1.29, 1.82) is 0 Å². The molecule has 0 aliphatic rings. The Hall–Kier alpha value is -3.02. The minimum Gasteiger partial charge on any atom is -0.457 e. The van der Waals surface area contributed by atoms with E-state index in [1.165, 1.54) is 19.1 Å². The summed E-state index contributed by atoms with van der Waals surface area (Å²) >= 11 is 0. The van der Waals surface area contributed by atoms with Gasteiger partial charge in [-0.2, -0.15) is 13.2 Å². The molecule has 0 N–H and O–H groups in total.